The van der Waals surface area contributed by atoms with Crippen LogP contribution in [0.5, 0.6) is 5.75 Å². The van der Waals surface area contributed by atoms with Crippen molar-refractivity contribution in [2.24, 2.45) is 0 Å². The van der Waals surface area contributed by atoms with E-state index in [1.54, 1.807) is 25.3 Å². The summed E-state index contributed by atoms with van der Waals surface area (Å²) in [5.41, 5.74) is 0.448. The molecule has 0 heterocycles. The van der Waals surface area contributed by atoms with E-state index in [4.69, 9.17) is 16.3 Å². The van der Waals surface area contributed by atoms with Crippen molar-refractivity contribution in [2.45, 2.75) is 0 Å². The molecule has 0 radical (unpaired) electrons. The molecule has 0 N–H and O–H groups in total. The number of halogens is 2. The SMILES string of the molecule is COc1ccc(C(=O)Cl)cc1Br. The molecule has 0 atom stereocenters. The zero-order valence-corrected chi connectivity index (χ0v) is 8.65. The van der Waals surface area contributed by atoms with Gasteiger partial charge < -0.3 is 4.74 Å². The maximum atomic E-state index is 10.7. The van der Waals surface area contributed by atoms with Gasteiger partial charge in [-0.25, -0.2) is 0 Å². The average molecular weight is 249 g/mol. The van der Waals surface area contributed by atoms with Gasteiger partial charge in [-0.2, -0.15) is 0 Å². The molecule has 12 heavy (non-hydrogen) atoms. The molecule has 0 spiro atoms. The molecule has 2 nitrogen and oxygen atoms in total. The monoisotopic (exact) mass is 248 g/mol. The lowest BCUT2D eigenvalue weighted by molar-refractivity contribution is 0.108. The van der Waals surface area contributed by atoms with Crippen LogP contribution in [0, 0.1) is 0 Å². The quantitative estimate of drug-likeness (QED) is 0.754. The predicted molar refractivity (Wildman–Crippen MR) is 50.9 cm³/mol. The summed E-state index contributed by atoms with van der Waals surface area (Å²) >= 11 is 8.51. The van der Waals surface area contributed by atoms with E-state index in [-0.39, 0.29) is 0 Å². The highest BCUT2D eigenvalue weighted by atomic mass is 79.9. The molecule has 0 unspecified atom stereocenters. The van der Waals surface area contributed by atoms with Gasteiger partial charge in [0.15, 0.2) is 0 Å². The first-order valence-electron chi connectivity index (χ1n) is 3.18. The Morgan fingerprint density at radius 1 is 1.58 bits per heavy atom. The first kappa shape index (κ1) is 9.55. The highest BCUT2D eigenvalue weighted by Gasteiger charge is 2.05. The number of rotatable bonds is 2. The molecule has 0 saturated heterocycles. The third kappa shape index (κ3) is 1.99. The topological polar surface area (TPSA) is 26.3 Å². The van der Waals surface area contributed by atoms with Gasteiger partial charge in [-0.15, -0.1) is 0 Å². The number of methoxy groups -OCH3 is 1. The summed E-state index contributed by atoms with van der Waals surface area (Å²) in [6.07, 6.45) is 0. The zero-order chi connectivity index (χ0) is 9.14. The lowest BCUT2D eigenvalue weighted by Gasteiger charge is -2.02. The summed E-state index contributed by atoms with van der Waals surface area (Å²) in [5, 5.41) is -0.474. The third-order valence-corrected chi connectivity index (χ3v) is 2.22. The zero-order valence-electron chi connectivity index (χ0n) is 6.30. The van der Waals surface area contributed by atoms with Crippen molar-refractivity contribution in [1.82, 2.24) is 0 Å². The van der Waals surface area contributed by atoms with Gasteiger partial charge in [0.2, 0.25) is 0 Å². The van der Waals surface area contributed by atoms with E-state index in [1.165, 1.54) is 0 Å². The number of carbonyl (C=O) groups is 1. The van der Waals surface area contributed by atoms with Gasteiger partial charge >= 0.3 is 0 Å². The summed E-state index contributed by atoms with van der Waals surface area (Å²) in [4.78, 5) is 10.7. The Hall–Kier alpha value is -0.540. The minimum atomic E-state index is -0.474. The van der Waals surface area contributed by atoms with Crippen molar-refractivity contribution < 1.29 is 9.53 Å². The molecule has 0 fully saturated rings. The van der Waals surface area contributed by atoms with Crippen LogP contribution in [0.1, 0.15) is 10.4 Å². The van der Waals surface area contributed by atoms with Crippen molar-refractivity contribution in [3.05, 3.63) is 28.2 Å². The van der Waals surface area contributed by atoms with Gasteiger partial charge in [0.1, 0.15) is 5.75 Å². The normalized spacial score (nSPS) is 9.58. The van der Waals surface area contributed by atoms with Crippen LogP contribution in [0.4, 0.5) is 0 Å². The van der Waals surface area contributed by atoms with Gasteiger partial charge in [-0.05, 0) is 45.7 Å². The summed E-state index contributed by atoms with van der Waals surface area (Å²) in [5.74, 6) is 0.677. The Morgan fingerprint density at radius 2 is 2.25 bits per heavy atom. The van der Waals surface area contributed by atoms with Crippen molar-refractivity contribution in [1.29, 1.82) is 0 Å². The fourth-order valence-electron chi connectivity index (χ4n) is 0.789. The Bertz CT molecular complexity index is 312. The van der Waals surface area contributed by atoms with E-state index in [2.05, 4.69) is 15.9 Å². The summed E-state index contributed by atoms with van der Waals surface area (Å²) < 4.78 is 5.70. The largest absolute Gasteiger partial charge is 0.496 e. The fraction of sp³-hybridized carbons (Fsp3) is 0.125. The minimum Gasteiger partial charge on any atom is -0.496 e. The molecule has 0 amide bonds. The molecule has 1 rings (SSSR count). The van der Waals surface area contributed by atoms with E-state index in [0.29, 0.717) is 11.3 Å². The van der Waals surface area contributed by atoms with Crippen molar-refractivity contribution in [2.75, 3.05) is 7.11 Å². The second-order valence-electron chi connectivity index (χ2n) is 2.12. The van der Waals surface area contributed by atoms with Gasteiger partial charge in [-0.3, -0.25) is 4.79 Å². The number of hydrogen-bond donors (Lipinski definition) is 0. The van der Waals surface area contributed by atoms with E-state index >= 15 is 0 Å². The highest BCUT2D eigenvalue weighted by molar-refractivity contribution is 9.10. The molecule has 1 aromatic carbocycles. The molecule has 0 saturated carbocycles. The molecule has 0 aliphatic carbocycles. The molecule has 0 bridgehead atoms. The van der Waals surface area contributed by atoms with E-state index < -0.39 is 5.24 Å². The van der Waals surface area contributed by atoms with Crippen LogP contribution in [-0.4, -0.2) is 12.4 Å². The van der Waals surface area contributed by atoms with Crippen molar-refractivity contribution in [3.63, 3.8) is 0 Å². The lowest BCUT2D eigenvalue weighted by Crippen LogP contribution is -1.90. The van der Waals surface area contributed by atoms with Crippen LogP contribution in [-0.2, 0) is 0 Å². The fourth-order valence-corrected chi connectivity index (χ4v) is 1.45. The molecular formula is C8H6BrClO2. The standard InChI is InChI=1S/C8H6BrClO2/c1-12-7-3-2-5(8(10)11)4-6(7)9/h2-4H,1H3. The number of carbonyl (C=O) groups excluding carboxylic acids is 1. The Kier molecular flexibility index (Phi) is 3.12. The van der Waals surface area contributed by atoms with Crippen LogP contribution in [0.15, 0.2) is 22.7 Å². The van der Waals surface area contributed by atoms with Crippen molar-refractivity contribution in [3.8, 4) is 5.75 Å². The van der Waals surface area contributed by atoms with Crippen molar-refractivity contribution >= 4 is 32.8 Å². The van der Waals surface area contributed by atoms with E-state index in [9.17, 15) is 4.79 Å². The van der Waals surface area contributed by atoms with E-state index in [0.717, 1.165) is 4.47 Å². The summed E-state index contributed by atoms with van der Waals surface area (Å²) in [6, 6.07) is 4.91. The summed E-state index contributed by atoms with van der Waals surface area (Å²) in [7, 11) is 1.56. The molecule has 0 aromatic heterocycles. The van der Waals surface area contributed by atoms with Crippen LogP contribution in [0.2, 0.25) is 0 Å². The molecule has 64 valence electrons. The first-order valence-corrected chi connectivity index (χ1v) is 4.35. The molecule has 0 aliphatic rings. The highest BCUT2D eigenvalue weighted by Crippen LogP contribution is 2.25. The number of ether oxygens (including phenoxy) is 1. The molecule has 1 aromatic rings. The van der Waals surface area contributed by atoms with Gasteiger partial charge in [0, 0.05) is 5.56 Å². The van der Waals surface area contributed by atoms with Gasteiger partial charge in [0.25, 0.3) is 5.24 Å². The van der Waals surface area contributed by atoms with Crippen LogP contribution in [0.3, 0.4) is 0 Å². The second-order valence-corrected chi connectivity index (χ2v) is 3.32. The Labute approximate surface area is 83.6 Å². The maximum Gasteiger partial charge on any atom is 0.252 e. The van der Waals surface area contributed by atoms with Gasteiger partial charge in [0.05, 0.1) is 11.6 Å². The minimum absolute atomic E-state index is 0.448. The molecule has 4 heteroatoms. The maximum absolute atomic E-state index is 10.7. The van der Waals surface area contributed by atoms with Crippen LogP contribution < -0.4 is 4.74 Å². The summed E-state index contributed by atoms with van der Waals surface area (Å²) in [6.45, 7) is 0. The molecular weight excluding hydrogens is 243 g/mol. The van der Waals surface area contributed by atoms with Crippen LogP contribution in [0.25, 0.3) is 0 Å². The molecule has 0 aliphatic heterocycles. The Balaban J connectivity index is 3.10. The third-order valence-electron chi connectivity index (χ3n) is 1.38. The lowest BCUT2D eigenvalue weighted by atomic mass is 10.2. The number of benzene rings is 1. The first-order chi connectivity index (χ1) is 5.65. The second kappa shape index (κ2) is 3.92. The van der Waals surface area contributed by atoms with E-state index in [1.807, 2.05) is 0 Å². The smallest absolute Gasteiger partial charge is 0.252 e. The average Bonchev–Trinajstić information content (AvgIpc) is 2.04. The Morgan fingerprint density at radius 3 is 2.67 bits per heavy atom. The predicted octanol–water partition coefficient (Wildman–Crippen LogP) is 2.84. The number of hydrogen-bond acceptors (Lipinski definition) is 2. The van der Waals surface area contributed by atoms with Crippen LogP contribution >= 0.6 is 27.5 Å². The van der Waals surface area contributed by atoms with Gasteiger partial charge in [-0.1, -0.05) is 0 Å².